The number of hydrogen-bond donors (Lipinski definition) is 1. The van der Waals surface area contributed by atoms with Crippen LogP contribution in [0.3, 0.4) is 0 Å². The first-order valence-electron chi connectivity index (χ1n) is 6.76. The molecule has 1 heterocycles. The van der Waals surface area contributed by atoms with Gasteiger partial charge in [-0.15, -0.1) is 0 Å². The summed E-state index contributed by atoms with van der Waals surface area (Å²) < 4.78 is 0. The lowest BCUT2D eigenvalue weighted by molar-refractivity contribution is 0.108. The zero-order valence-electron chi connectivity index (χ0n) is 11.4. The van der Waals surface area contributed by atoms with E-state index in [9.17, 15) is 5.11 Å². The van der Waals surface area contributed by atoms with Crippen LogP contribution in [0.15, 0.2) is 30.3 Å². The first kappa shape index (κ1) is 13.5. The molecule has 0 spiro atoms. The third-order valence-corrected chi connectivity index (χ3v) is 3.81. The molecule has 0 amide bonds. The van der Waals surface area contributed by atoms with E-state index in [2.05, 4.69) is 48.2 Å². The number of benzene rings is 1. The largest absolute Gasteiger partial charge is 0.392 e. The zero-order valence-corrected chi connectivity index (χ0v) is 11.4. The quantitative estimate of drug-likeness (QED) is 0.879. The molecule has 3 heteroatoms. The van der Waals surface area contributed by atoms with Gasteiger partial charge in [-0.25, -0.2) is 0 Å². The van der Waals surface area contributed by atoms with E-state index < -0.39 is 0 Å². The van der Waals surface area contributed by atoms with Crippen LogP contribution in [-0.4, -0.2) is 54.2 Å². The van der Waals surface area contributed by atoms with Crippen LogP contribution >= 0.6 is 0 Å². The lowest BCUT2D eigenvalue weighted by Gasteiger charge is -2.27. The van der Waals surface area contributed by atoms with E-state index in [1.54, 1.807) is 0 Å². The molecule has 1 aliphatic heterocycles. The molecule has 18 heavy (non-hydrogen) atoms. The van der Waals surface area contributed by atoms with E-state index in [-0.39, 0.29) is 6.10 Å². The molecule has 3 nitrogen and oxygen atoms in total. The number of β-amino-alcohol motifs (C(OH)–C–C–N with tert-alkyl or cyclic N) is 1. The van der Waals surface area contributed by atoms with Crippen molar-refractivity contribution in [3.05, 3.63) is 35.9 Å². The highest BCUT2D eigenvalue weighted by molar-refractivity contribution is 5.14. The summed E-state index contributed by atoms with van der Waals surface area (Å²) in [6.07, 6.45) is 1.82. The predicted octanol–water partition coefficient (Wildman–Crippen LogP) is 1.57. The van der Waals surface area contributed by atoms with Gasteiger partial charge < -0.3 is 10.0 Å². The summed E-state index contributed by atoms with van der Waals surface area (Å²) >= 11 is 0. The van der Waals surface area contributed by atoms with Crippen LogP contribution in [0.4, 0.5) is 0 Å². The predicted molar refractivity (Wildman–Crippen MR) is 74.4 cm³/mol. The van der Waals surface area contributed by atoms with Crippen LogP contribution in [0.2, 0.25) is 0 Å². The number of aliphatic hydroxyl groups excluding tert-OH is 1. The summed E-state index contributed by atoms with van der Waals surface area (Å²) in [7, 11) is 4.25. The number of rotatable bonds is 3. The maximum atomic E-state index is 9.98. The maximum Gasteiger partial charge on any atom is 0.0681 e. The Morgan fingerprint density at radius 2 is 2.06 bits per heavy atom. The van der Waals surface area contributed by atoms with E-state index >= 15 is 0 Å². The Morgan fingerprint density at radius 1 is 1.33 bits per heavy atom. The van der Waals surface area contributed by atoms with Crippen molar-refractivity contribution in [1.29, 1.82) is 0 Å². The van der Waals surface area contributed by atoms with Crippen molar-refractivity contribution in [3.8, 4) is 0 Å². The number of aliphatic hydroxyl groups is 1. The normalized spacial score (nSPS) is 26.2. The Hall–Kier alpha value is -0.900. The fraction of sp³-hybridized carbons (Fsp3) is 0.600. The molecule has 1 aromatic rings. The fourth-order valence-electron chi connectivity index (χ4n) is 2.73. The average molecular weight is 248 g/mol. The topological polar surface area (TPSA) is 26.7 Å². The van der Waals surface area contributed by atoms with Gasteiger partial charge in [-0.1, -0.05) is 30.3 Å². The highest BCUT2D eigenvalue weighted by Crippen LogP contribution is 2.17. The Bertz CT molecular complexity index is 355. The molecule has 1 saturated heterocycles. The summed E-state index contributed by atoms with van der Waals surface area (Å²) in [6.45, 7) is 2.83. The summed E-state index contributed by atoms with van der Waals surface area (Å²) in [5.41, 5.74) is 1.34. The molecule has 0 aromatic heterocycles. The number of likely N-dealkylation sites (tertiary alicyclic amines) is 1. The molecule has 0 unspecified atom stereocenters. The molecule has 1 N–H and O–H groups in total. The number of hydrogen-bond acceptors (Lipinski definition) is 3. The van der Waals surface area contributed by atoms with Gasteiger partial charge in [0.05, 0.1) is 6.10 Å². The van der Waals surface area contributed by atoms with Crippen molar-refractivity contribution in [3.63, 3.8) is 0 Å². The zero-order chi connectivity index (χ0) is 13.0. The minimum absolute atomic E-state index is 0.194. The minimum Gasteiger partial charge on any atom is -0.392 e. The molecule has 0 aliphatic carbocycles. The Kier molecular flexibility index (Phi) is 4.75. The lowest BCUT2D eigenvalue weighted by Crippen LogP contribution is -2.34. The maximum absolute atomic E-state index is 9.98. The number of likely N-dealkylation sites (N-methyl/N-ethyl adjacent to an activating group) is 1. The minimum atomic E-state index is -0.194. The van der Waals surface area contributed by atoms with Crippen molar-refractivity contribution < 1.29 is 5.11 Å². The fourth-order valence-corrected chi connectivity index (χ4v) is 2.73. The molecule has 0 saturated carbocycles. The SMILES string of the molecule is CN1CC[C@H](N(C)Cc2ccccc2)C[C@H](O)C1. The summed E-state index contributed by atoms with van der Waals surface area (Å²) in [5, 5.41) is 9.98. The smallest absolute Gasteiger partial charge is 0.0681 e. The molecule has 100 valence electrons. The molecule has 2 rings (SSSR count). The van der Waals surface area contributed by atoms with Gasteiger partial charge in [0.15, 0.2) is 0 Å². The Morgan fingerprint density at radius 3 is 2.78 bits per heavy atom. The third kappa shape index (κ3) is 3.80. The van der Waals surface area contributed by atoms with Gasteiger partial charge in [-0.3, -0.25) is 4.90 Å². The van der Waals surface area contributed by atoms with Gasteiger partial charge in [0.1, 0.15) is 0 Å². The van der Waals surface area contributed by atoms with Crippen molar-refractivity contribution >= 4 is 0 Å². The van der Waals surface area contributed by atoms with Crippen molar-refractivity contribution in [2.45, 2.75) is 31.5 Å². The van der Waals surface area contributed by atoms with E-state index in [4.69, 9.17) is 0 Å². The lowest BCUT2D eigenvalue weighted by atomic mass is 10.1. The molecule has 2 atom stereocenters. The molecule has 1 aliphatic rings. The second-order valence-corrected chi connectivity index (χ2v) is 5.49. The number of nitrogens with zero attached hydrogens (tertiary/aromatic N) is 2. The highest BCUT2D eigenvalue weighted by atomic mass is 16.3. The van der Waals surface area contributed by atoms with Crippen molar-refractivity contribution in [2.24, 2.45) is 0 Å². The standard InChI is InChI=1S/C15H24N2O/c1-16-9-8-14(10-15(18)12-16)17(2)11-13-6-4-3-5-7-13/h3-7,14-15,18H,8-12H2,1-2H3/t14-,15-/m0/s1. The average Bonchev–Trinajstić information content (AvgIpc) is 2.51. The van der Waals surface area contributed by atoms with Gasteiger partial charge in [-0.2, -0.15) is 0 Å². The summed E-state index contributed by atoms with van der Waals surface area (Å²) in [4.78, 5) is 4.60. The summed E-state index contributed by atoms with van der Waals surface area (Å²) in [5.74, 6) is 0. The first-order chi connectivity index (χ1) is 8.65. The molecular weight excluding hydrogens is 224 g/mol. The highest BCUT2D eigenvalue weighted by Gasteiger charge is 2.23. The van der Waals surface area contributed by atoms with Crippen molar-refractivity contribution in [2.75, 3.05) is 27.2 Å². The van der Waals surface area contributed by atoms with Gasteiger partial charge in [-0.05, 0) is 39.0 Å². The van der Waals surface area contributed by atoms with E-state index in [1.807, 2.05) is 6.07 Å². The molecule has 0 bridgehead atoms. The molecule has 1 aromatic carbocycles. The van der Waals surface area contributed by atoms with E-state index in [1.165, 1.54) is 5.56 Å². The van der Waals surface area contributed by atoms with E-state index in [0.29, 0.717) is 6.04 Å². The molecular formula is C15H24N2O. The monoisotopic (exact) mass is 248 g/mol. The van der Waals surface area contributed by atoms with E-state index in [0.717, 1.165) is 32.5 Å². The van der Waals surface area contributed by atoms with Gasteiger partial charge in [0.25, 0.3) is 0 Å². The van der Waals surface area contributed by atoms with Crippen LogP contribution in [0.1, 0.15) is 18.4 Å². The molecule has 1 fully saturated rings. The third-order valence-electron chi connectivity index (χ3n) is 3.81. The second-order valence-electron chi connectivity index (χ2n) is 5.49. The molecule has 0 radical (unpaired) electrons. The van der Waals surface area contributed by atoms with Crippen LogP contribution in [-0.2, 0) is 6.54 Å². The van der Waals surface area contributed by atoms with Gasteiger partial charge >= 0.3 is 0 Å². The Labute approximate surface area is 110 Å². The van der Waals surface area contributed by atoms with Gasteiger partial charge in [0, 0.05) is 19.1 Å². The summed E-state index contributed by atoms with van der Waals surface area (Å²) in [6, 6.07) is 11.0. The van der Waals surface area contributed by atoms with Gasteiger partial charge in [0.2, 0.25) is 0 Å². The first-order valence-corrected chi connectivity index (χ1v) is 6.76. The van der Waals surface area contributed by atoms with Crippen molar-refractivity contribution in [1.82, 2.24) is 9.80 Å². The van der Waals surface area contributed by atoms with Crippen LogP contribution < -0.4 is 0 Å². The second kappa shape index (κ2) is 6.32. The van der Waals surface area contributed by atoms with Crippen LogP contribution in [0.5, 0.6) is 0 Å². The Balaban J connectivity index is 1.93. The van der Waals surface area contributed by atoms with Crippen LogP contribution in [0.25, 0.3) is 0 Å². The van der Waals surface area contributed by atoms with Crippen LogP contribution in [0, 0.1) is 0 Å².